The van der Waals surface area contributed by atoms with E-state index in [-0.39, 0.29) is 0 Å². The Bertz CT molecular complexity index is 316. The molecule has 1 N–H and O–H groups in total. The summed E-state index contributed by atoms with van der Waals surface area (Å²) in [6.45, 7) is 6.64. The third kappa shape index (κ3) is 3.54. The molecule has 0 unspecified atom stereocenters. The van der Waals surface area contributed by atoms with Crippen molar-refractivity contribution in [1.82, 2.24) is 15.2 Å². The third-order valence-electron chi connectivity index (χ3n) is 3.21. The summed E-state index contributed by atoms with van der Waals surface area (Å²) in [4.78, 5) is 6.87. The van der Waals surface area contributed by atoms with E-state index in [9.17, 15) is 0 Å². The van der Waals surface area contributed by atoms with Gasteiger partial charge in [0.1, 0.15) is 5.01 Å². The van der Waals surface area contributed by atoms with Crippen molar-refractivity contribution in [2.45, 2.75) is 26.3 Å². The highest BCUT2D eigenvalue weighted by molar-refractivity contribution is 7.09. The molecule has 0 amide bonds. The molecule has 1 saturated heterocycles. The first-order valence-corrected chi connectivity index (χ1v) is 6.92. The molecule has 0 aliphatic carbocycles. The van der Waals surface area contributed by atoms with Crippen LogP contribution in [0.2, 0.25) is 0 Å². The summed E-state index contributed by atoms with van der Waals surface area (Å²) in [5.41, 5.74) is 1.14. The van der Waals surface area contributed by atoms with Gasteiger partial charge in [-0.1, -0.05) is 0 Å². The maximum Gasteiger partial charge on any atom is 0.107 e. The molecule has 1 aliphatic rings. The van der Waals surface area contributed by atoms with Gasteiger partial charge in [-0.15, -0.1) is 11.3 Å². The topological polar surface area (TPSA) is 28.2 Å². The number of likely N-dealkylation sites (tertiary alicyclic amines) is 1. The van der Waals surface area contributed by atoms with Gasteiger partial charge < -0.3 is 10.2 Å². The van der Waals surface area contributed by atoms with Gasteiger partial charge in [0.25, 0.3) is 0 Å². The zero-order valence-electron chi connectivity index (χ0n) is 10.2. The molecule has 16 heavy (non-hydrogen) atoms. The molecule has 0 radical (unpaired) electrons. The van der Waals surface area contributed by atoms with Crippen LogP contribution < -0.4 is 5.32 Å². The van der Waals surface area contributed by atoms with Gasteiger partial charge in [0.15, 0.2) is 0 Å². The van der Waals surface area contributed by atoms with Crippen LogP contribution in [0.1, 0.15) is 23.5 Å². The number of nitrogens with one attached hydrogen (secondary N) is 1. The molecular formula is C12H21N3S. The number of aryl methyl sites for hydroxylation is 1. The Balaban J connectivity index is 1.64. The van der Waals surface area contributed by atoms with Gasteiger partial charge in [-0.2, -0.15) is 0 Å². The fourth-order valence-electron chi connectivity index (χ4n) is 2.13. The van der Waals surface area contributed by atoms with Gasteiger partial charge in [0.05, 0.1) is 0 Å². The number of rotatable bonds is 4. The molecule has 1 aromatic heterocycles. The van der Waals surface area contributed by atoms with Gasteiger partial charge in [0.2, 0.25) is 0 Å². The highest BCUT2D eigenvalue weighted by Gasteiger charge is 2.15. The van der Waals surface area contributed by atoms with Crippen molar-refractivity contribution in [3.05, 3.63) is 16.1 Å². The summed E-state index contributed by atoms with van der Waals surface area (Å²) >= 11 is 1.75. The van der Waals surface area contributed by atoms with Crippen LogP contribution in [0, 0.1) is 12.8 Å². The lowest BCUT2D eigenvalue weighted by atomic mass is 9.97. The molecule has 0 aromatic carbocycles. The number of thiazole rings is 1. The number of hydrogen-bond donors (Lipinski definition) is 1. The largest absolute Gasteiger partial charge is 0.310 e. The smallest absolute Gasteiger partial charge is 0.107 e. The van der Waals surface area contributed by atoms with Crippen LogP contribution in [-0.4, -0.2) is 36.6 Å². The molecule has 1 aliphatic heterocycles. The number of aromatic nitrogens is 1. The molecular weight excluding hydrogens is 218 g/mol. The van der Waals surface area contributed by atoms with Crippen LogP contribution in [0.15, 0.2) is 5.38 Å². The van der Waals surface area contributed by atoms with E-state index in [4.69, 9.17) is 0 Å². The van der Waals surface area contributed by atoms with Gasteiger partial charge in [-0.25, -0.2) is 4.98 Å². The summed E-state index contributed by atoms with van der Waals surface area (Å²) < 4.78 is 0. The summed E-state index contributed by atoms with van der Waals surface area (Å²) in [6, 6.07) is 0. The zero-order valence-corrected chi connectivity index (χ0v) is 11.0. The monoisotopic (exact) mass is 239 g/mol. The van der Waals surface area contributed by atoms with Crippen molar-refractivity contribution in [2.24, 2.45) is 5.92 Å². The molecule has 2 rings (SSSR count). The molecule has 0 saturated carbocycles. The Morgan fingerprint density at radius 2 is 2.25 bits per heavy atom. The highest BCUT2D eigenvalue weighted by Crippen LogP contribution is 2.15. The van der Waals surface area contributed by atoms with Crippen LogP contribution >= 0.6 is 11.3 Å². The van der Waals surface area contributed by atoms with E-state index in [1.807, 2.05) is 0 Å². The Morgan fingerprint density at radius 3 is 2.88 bits per heavy atom. The van der Waals surface area contributed by atoms with Crippen molar-refractivity contribution < 1.29 is 0 Å². The molecule has 90 valence electrons. The maximum atomic E-state index is 4.45. The average Bonchev–Trinajstić information content (AvgIpc) is 2.67. The van der Waals surface area contributed by atoms with E-state index < -0.39 is 0 Å². The first-order chi connectivity index (χ1) is 7.74. The normalized spacial score (nSPS) is 19.1. The summed E-state index contributed by atoms with van der Waals surface area (Å²) in [5.74, 6) is 0.859. The maximum absolute atomic E-state index is 4.45. The van der Waals surface area contributed by atoms with E-state index in [0.717, 1.165) is 24.7 Å². The Labute approximate surface area is 102 Å². The Morgan fingerprint density at radius 1 is 1.50 bits per heavy atom. The first-order valence-electron chi connectivity index (χ1n) is 6.04. The van der Waals surface area contributed by atoms with Gasteiger partial charge >= 0.3 is 0 Å². The van der Waals surface area contributed by atoms with Gasteiger partial charge in [-0.05, 0) is 52.4 Å². The van der Waals surface area contributed by atoms with E-state index in [1.54, 1.807) is 11.3 Å². The average molecular weight is 239 g/mol. The second-order valence-electron chi connectivity index (χ2n) is 4.76. The van der Waals surface area contributed by atoms with Gasteiger partial charge in [-0.3, -0.25) is 0 Å². The van der Waals surface area contributed by atoms with Crippen molar-refractivity contribution in [3.63, 3.8) is 0 Å². The zero-order chi connectivity index (χ0) is 11.4. The first kappa shape index (κ1) is 12.0. The molecule has 1 aromatic rings. The molecule has 2 heterocycles. The van der Waals surface area contributed by atoms with Crippen LogP contribution in [0.5, 0.6) is 0 Å². The minimum atomic E-state index is 0.859. The van der Waals surface area contributed by atoms with Crippen LogP contribution in [0.3, 0.4) is 0 Å². The second-order valence-corrected chi connectivity index (χ2v) is 5.70. The SMILES string of the molecule is Cc1csc(CNCC2CCN(C)CC2)n1. The summed E-state index contributed by atoms with van der Waals surface area (Å²) in [6.07, 6.45) is 2.67. The molecule has 0 bridgehead atoms. The van der Waals surface area contributed by atoms with E-state index in [0.29, 0.717) is 0 Å². The summed E-state index contributed by atoms with van der Waals surface area (Å²) in [7, 11) is 2.21. The van der Waals surface area contributed by atoms with Crippen molar-refractivity contribution >= 4 is 11.3 Å². The second kappa shape index (κ2) is 5.75. The van der Waals surface area contributed by atoms with Crippen molar-refractivity contribution in [2.75, 3.05) is 26.7 Å². The third-order valence-corrected chi connectivity index (χ3v) is 4.18. The van der Waals surface area contributed by atoms with Crippen molar-refractivity contribution in [1.29, 1.82) is 0 Å². The predicted molar refractivity (Wildman–Crippen MR) is 68.8 cm³/mol. The van der Waals surface area contributed by atoms with Crippen LogP contribution in [0.4, 0.5) is 0 Å². The Kier molecular flexibility index (Phi) is 4.32. The van der Waals surface area contributed by atoms with Gasteiger partial charge in [0, 0.05) is 17.6 Å². The van der Waals surface area contributed by atoms with Crippen LogP contribution in [-0.2, 0) is 6.54 Å². The van der Waals surface area contributed by atoms with E-state index >= 15 is 0 Å². The molecule has 1 fully saturated rings. The minimum absolute atomic E-state index is 0.859. The molecule has 0 atom stereocenters. The predicted octanol–water partition coefficient (Wildman–Crippen LogP) is 1.88. The highest BCUT2D eigenvalue weighted by atomic mass is 32.1. The lowest BCUT2D eigenvalue weighted by Gasteiger charge is -2.28. The van der Waals surface area contributed by atoms with Crippen LogP contribution in [0.25, 0.3) is 0 Å². The van der Waals surface area contributed by atoms with Crippen molar-refractivity contribution in [3.8, 4) is 0 Å². The lowest BCUT2D eigenvalue weighted by Crippen LogP contribution is -2.34. The minimum Gasteiger partial charge on any atom is -0.310 e. The number of nitrogens with zero attached hydrogens (tertiary/aromatic N) is 2. The van der Waals surface area contributed by atoms with E-state index in [1.165, 1.54) is 30.9 Å². The fraction of sp³-hybridized carbons (Fsp3) is 0.750. The molecule has 4 heteroatoms. The Hall–Kier alpha value is -0.450. The quantitative estimate of drug-likeness (QED) is 0.869. The number of piperidine rings is 1. The standard InChI is InChI=1S/C12H21N3S/c1-10-9-16-12(14-10)8-13-7-11-3-5-15(2)6-4-11/h9,11,13H,3-8H2,1-2H3. The number of hydrogen-bond acceptors (Lipinski definition) is 4. The fourth-order valence-corrected chi connectivity index (χ4v) is 2.87. The lowest BCUT2D eigenvalue weighted by molar-refractivity contribution is 0.216. The van der Waals surface area contributed by atoms with E-state index in [2.05, 4.69) is 34.6 Å². The summed E-state index contributed by atoms with van der Waals surface area (Å²) in [5, 5.41) is 6.86. The molecule has 3 nitrogen and oxygen atoms in total. The molecule has 0 spiro atoms.